The summed E-state index contributed by atoms with van der Waals surface area (Å²) >= 11 is 5.39. The third kappa shape index (κ3) is 4.42. The average molecular weight is 440 g/mol. The van der Waals surface area contributed by atoms with Crippen LogP contribution in [0.5, 0.6) is 0 Å². The maximum Gasteiger partial charge on any atom is 0.338 e. The number of nitrogens with zero attached hydrogens (tertiary/aromatic N) is 3. The van der Waals surface area contributed by atoms with Crippen LogP contribution < -0.4 is 0 Å². The summed E-state index contributed by atoms with van der Waals surface area (Å²) in [5.41, 5.74) is 5.04. The summed E-state index contributed by atoms with van der Waals surface area (Å²) in [6.45, 7) is 8.99. The van der Waals surface area contributed by atoms with Crippen LogP contribution in [0.1, 0.15) is 54.0 Å². The molecule has 1 amide bonds. The van der Waals surface area contributed by atoms with Gasteiger partial charge in [0.1, 0.15) is 5.70 Å². The molecule has 0 atom stereocenters. The lowest BCUT2D eigenvalue weighted by molar-refractivity contribution is -0.122. The quantitative estimate of drug-likeness (QED) is 0.276. The van der Waals surface area contributed by atoms with Crippen molar-refractivity contribution in [2.75, 3.05) is 20.2 Å². The molecule has 0 unspecified atom stereocenters. The van der Waals surface area contributed by atoms with Crippen molar-refractivity contribution in [1.29, 1.82) is 0 Å². The second-order valence-corrected chi connectivity index (χ2v) is 7.98. The fourth-order valence-corrected chi connectivity index (χ4v) is 4.02. The second kappa shape index (κ2) is 9.47. The topological polar surface area (TPSA) is 54.8 Å². The normalized spacial score (nSPS) is 15.3. The molecule has 1 saturated heterocycles. The second-order valence-electron chi connectivity index (χ2n) is 7.62. The molecule has 0 saturated carbocycles. The van der Waals surface area contributed by atoms with Gasteiger partial charge in [-0.25, -0.2) is 4.79 Å². The molecule has 1 aliphatic rings. The number of thiocarbonyl (C=S) groups is 1. The number of unbranched alkanes of at least 4 members (excludes halogenated alkanes) is 1. The first-order chi connectivity index (χ1) is 14.8. The molecule has 1 aromatic heterocycles. The van der Waals surface area contributed by atoms with Crippen molar-refractivity contribution < 1.29 is 14.3 Å². The molecule has 2 aromatic rings. The maximum atomic E-state index is 12.7. The number of carbonyl (C=O) groups is 2. The zero-order chi connectivity index (χ0) is 22.7. The summed E-state index contributed by atoms with van der Waals surface area (Å²) in [5.74, 6) is -0.378. The number of benzene rings is 1. The van der Waals surface area contributed by atoms with Gasteiger partial charge >= 0.3 is 5.97 Å². The Balaban J connectivity index is 1.88. The number of esters is 1. The molecular weight excluding hydrogens is 410 g/mol. The highest BCUT2D eigenvalue weighted by Gasteiger charge is 2.34. The van der Waals surface area contributed by atoms with E-state index < -0.39 is 0 Å². The summed E-state index contributed by atoms with van der Waals surface area (Å²) in [7, 11) is 1.82. The molecule has 0 bridgehead atoms. The predicted octanol–water partition coefficient (Wildman–Crippen LogP) is 4.47. The lowest BCUT2D eigenvalue weighted by Crippen LogP contribution is -2.30. The fourth-order valence-electron chi connectivity index (χ4n) is 3.71. The Hall–Kier alpha value is -2.93. The predicted molar refractivity (Wildman–Crippen MR) is 126 cm³/mol. The van der Waals surface area contributed by atoms with E-state index in [9.17, 15) is 9.59 Å². The van der Waals surface area contributed by atoms with Crippen LogP contribution in [0, 0.1) is 13.8 Å². The van der Waals surface area contributed by atoms with E-state index in [-0.39, 0.29) is 11.9 Å². The first kappa shape index (κ1) is 22.7. The molecule has 0 N–H and O–H groups in total. The van der Waals surface area contributed by atoms with Crippen LogP contribution >= 0.6 is 12.2 Å². The van der Waals surface area contributed by atoms with Gasteiger partial charge in [-0.1, -0.05) is 13.3 Å². The van der Waals surface area contributed by atoms with Crippen LogP contribution in [0.25, 0.3) is 11.8 Å². The summed E-state index contributed by atoms with van der Waals surface area (Å²) in [6.07, 6.45) is 3.74. The summed E-state index contributed by atoms with van der Waals surface area (Å²) < 4.78 is 7.39. The standard InChI is InChI=1S/C24H29N3O3S/c1-6-8-13-30-23(29)18-9-11-20(12-10-18)27-16(3)14-19(17(27)4)15-21-22(28)26(7-2)24(31)25(21)5/h9-12,14-15H,6-8,13H2,1-5H3/b21-15-. The Labute approximate surface area is 189 Å². The molecule has 7 heteroatoms. The van der Waals surface area contributed by atoms with E-state index in [1.54, 1.807) is 21.9 Å². The monoisotopic (exact) mass is 439 g/mol. The summed E-state index contributed by atoms with van der Waals surface area (Å²) in [6, 6.07) is 9.44. The molecule has 6 nitrogen and oxygen atoms in total. The van der Waals surface area contributed by atoms with Gasteiger partial charge in [-0.15, -0.1) is 0 Å². The Bertz CT molecular complexity index is 1040. The molecule has 164 valence electrons. The van der Waals surface area contributed by atoms with Crippen molar-refractivity contribution in [3.05, 3.63) is 58.5 Å². The minimum Gasteiger partial charge on any atom is -0.462 e. The molecular formula is C24H29N3O3S. The highest BCUT2D eigenvalue weighted by molar-refractivity contribution is 7.80. The van der Waals surface area contributed by atoms with E-state index in [1.165, 1.54) is 0 Å². The van der Waals surface area contributed by atoms with Crippen LogP contribution in [0.4, 0.5) is 0 Å². The lowest BCUT2D eigenvalue weighted by Gasteiger charge is -2.13. The van der Waals surface area contributed by atoms with Crippen molar-refractivity contribution >= 4 is 35.3 Å². The van der Waals surface area contributed by atoms with Crippen molar-refractivity contribution in [3.63, 3.8) is 0 Å². The number of amides is 1. The largest absolute Gasteiger partial charge is 0.462 e. The van der Waals surface area contributed by atoms with Crippen molar-refractivity contribution in [2.24, 2.45) is 0 Å². The maximum absolute atomic E-state index is 12.7. The number of likely N-dealkylation sites (N-methyl/N-ethyl adjacent to an activating group) is 2. The summed E-state index contributed by atoms with van der Waals surface area (Å²) in [4.78, 5) is 28.2. The van der Waals surface area contributed by atoms with Gasteiger partial charge in [0, 0.05) is 30.7 Å². The number of hydrogen-bond donors (Lipinski definition) is 0. The number of aryl methyl sites for hydroxylation is 1. The van der Waals surface area contributed by atoms with E-state index in [0.717, 1.165) is 35.5 Å². The third-order valence-electron chi connectivity index (χ3n) is 5.51. The first-order valence-corrected chi connectivity index (χ1v) is 11.0. The molecule has 0 aliphatic carbocycles. The molecule has 3 rings (SSSR count). The van der Waals surface area contributed by atoms with Gasteiger partial charge in [0.25, 0.3) is 5.91 Å². The Morgan fingerprint density at radius 2 is 1.84 bits per heavy atom. The van der Waals surface area contributed by atoms with Crippen molar-refractivity contribution in [1.82, 2.24) is 14.4 Å². The zero-order valence-corrected chi connectivity index (χ0v) is 19.6. The molecule has 1 fully saturated rings. The smallest absolute Gasteiger partial charge is 0.338 e. The number of carbonyl (C=O) groups excluding carboxylic acids is 2. The number of aromatic nitrogens is 1. The molecule has 1 aromatic carbocycles. The minimum atomic E-state index is -0.300. The van der Waals surface area contributed by atoms with Gasteiger partial charge in [0.2, 0.25) is 0 Å². The highest BCUT2D eigenvalue weighted by atomic mass is 32.1. The molecule has 0 spiro atoms. The zero-order valence-electron chi connectivity index (χ0n) is 18.8. The van der Waals surface area contributed by atoms with E-state index in [4.69, 9.17) is 17.0 Å². The van der Waals surface area contributed by atoms with Gasteiger partial charge in [0.05, 0.1) is 12.2 Å². The van der Waals surface area contributed by atoms with Crippen molar-refractivity contribution in [3.8, 4) is 5.69 Å². The first-order valence-electron chi connectivity index (χ1n) is 10.6. The Kier molecular flexibility index (Phi) is 6.95. The molecule has 0 radical (unpaired) electrons. The van der Waals surface area contributed by atoms with Crippen LogP contribution in [-0.2, 0) is 9.53 Å². The average Bonchev–Trinajstić information content (AvgIpc) is 3.15. The van der Waals surface area contributed by atoms with Gasteiger partial charge < -0.3 is 14.2 Å². The van der Waals surface area contributed by atoms with E-state index >= 15 is 0 Å². The lowest BCUT2D eigenvalue weighted by atomic mass is 10.2. The van der Waals surface area contributed by atoms with Crippen molar-refractivity contribution in [2.45, 2.75) is 40.5 Å². The number of rotatable bonds is 7. The van der Waals surface area contributed by atoms with Gasteiger partial charge in [-0.05, 0) is 81.4 Å². The molecule has 31 heavy (non-hydrogen) atoms. The van der Waals surface area contributed by atoms with Crippen LogP contribution in [0.15, 0.2) is 36.0 Å². The number of hydrogen-bond acceptors (Lipinski definition) is 4. The fraction of sp³-hybridized carbons (Fsp3) is 0.375. The van der Waals surface area contributed by atoms with Gasteiger partial charge in [-0.3, -0.25) is 9.69 Å². The van der Waals surface area contributed by atoms with Gasteiger partial charge in [0.15, 0.2) is 5.11 Å². The highest BCUT2D eigenvalue weighted by Crippen LogP contribution is 2.27. The molecule has 1 aliphatic heterocycles. The van der Waals surface area contributed by atoms with Gasteiger partial charge in [-0.2, -0.15) is 0 Å². The SMILES string of the molecule is CCCCOC(=O)c1ccc(-n2c(C)cc(/C=C3/C(=O)N(CC)C(=S)N3C)c2C)cc1. The van der Waals surface area contributed by atoms with E-state index in [0.29, 0.717) is 29.5 Å². The van der Waals surface area contributed by atoms with Crippen LogP contribution in [-0.4, -0.2) is 51.6 Å². The van der Waals surface area contributed by atoms with Crippen LogP contribution in [0.3, 0.4) is 0 Å². The summed E-state index contributed by atoms with van der Waals surface area (Å²) in [5, 5.41) is 0.522. The van der Waals surface area contributed by atoms with E-state index in [2.05, 4.69) is 11.5 Å². The Morgan fingerprint density at radius 1 is 1.16 bits per heavy atom. The Morgan fingerprint density at radius 3 is 2.42 bits per heavy atom. The van der Waals surface area contributed by atoms with Crippen LogP contribution in [0.2, 0.25) is 0 Å². The minimum absolute atomic E-state index is 0.0780. The van der Waals surface area contributed by atoms with E-state index in [1.807, 2.05) is 52.1 Å². The number of ether oxygens (including phenoxy) is 1. The third-order valence-corrected chi connectivity index (χ3v) is 6.01. The molecule has 2 heterocycles.